The summed E-state index contributed by atoms with van der Waals surface area (Å²) in [6.07, 6.45) is 5.45. The van der Waals surface area contributed by atoms with E-state index in [1.807, 2.05) is 66.4 Å². The fraction of sp³-hybridized carbons (Fsp3) is 0.333. The number of methoxy groups -OCH3 is 2. The number of likely N-dealkylation sites (tertiary alicyclic amines) is 2. The highest BCUT2D eigenvalue weighted by Crippen LogP contribution is 2.44. The van der Waals surface area contributed by atoms with Crippen LogP contribution in [0.15, 0.2) is 103 Å². The molecule has 0 spiro atoms. The molecular formula is C48H52N8O6. The molecule has 2 fully saturated rings. The van der Waals surface area contributed by atoms with E-state index in [1.54, 1.807) is 6.92 Å². The van der Waals surface area contributed by atoms with Gasteiger partial charge in [-0.15, -0.1) is 0 Å². The van der Waals surface area contributed by atoms with Gasteiger partial charge in [0.15, 0.2) is 0 Å². The van der Waals surface area contributed by atoms with E-state index >= 15 is 0 Å². The number of aromatic amines is 2. The number of nitrogens with zero attached hydrogens (tertiary/aromatic N) is 4. The molecule has 4 heterocycles. The summed E-state index contributed by atoms with van der Waals surface area (Å²) in [5.74, 6) is 0.969. The second-order valence-electron chi connectivity index (χ2n) is 16.4. The Balaban J connectivity index is 0.961. The summed E-state index contributed by atoms with van der Waals surface area (Å²) >= 11 is 0. The number of aromatic nitrogens is 4. The van der Waals surface area contributed by atoms with E-state index in [-0.39, 0.29) is 35.9 Å². The maximum absolute atomic E-state index is 13.9. The van der Waals surface area contributed by atoms with Crippen molar-refractivity contribution in [3.8, 4) is 33.6 Å². The van der Waals surface area contributed by atoms with E-state index in [2.05, 4.69) is 81.3 Å². The number of rotatable bonds is 11. The predicted molar refractivity (Wildman–Crippen MR) is 235 cm³/mol. The number of benzene rings is 4. The lowest BCUT2D eigenvalue weighted by Crippen LogP contribution is -2.51. The number of H-pyrrole nitrogens is 2. The van der Waals surface area contributed by atoms with Gasteiger partial charge in [0.1, 0.15) is 23.7 Å². The number of amides is 4. The third-order valence-corrected chi connectivity index (χ3v) is 12.1. The maximum atomic E-state index is 13.9. The van der Waals surface area contributed by atoms with Gasteiger partial charge in [-0.05, 0) is 83.7 Å². The molecule has 2 aromatic heterocycles. The molecule has 5 atom stereocenters. The Morgan fingerprint density at radius 2 is 1.21 bits per heavy atom. The van der Waals surface area contributed by atoms with Crippen LogP contribution in [0.25, 0.3) is 44.4 Å². The van der Waals surface area contributed by atoms with Gasteiger partial charge in [-0.2, -0.15) is 0 Å². The summed E-state index contributed by atoms with van der Waals surface area (Å²) in [6.45, 7) is 6.07. The van der Waals surface area contributed by atoms with Crippen LogP contribution in [0.1, 0.15) is 81.8 Å². The van der Waals surface area contributed by atoms with E-state index < -0.39 is 24.3 Å². The minimum Gasteiger partial charge on any atom is -0.453 e. The molecule has 2 aliphatic rings. The normalized spacial score (nSPS) is 18.5. The Bertz CT molecular complexity index is 2570. The summed E-state index contributed by atoms with van der Waals surface area (Å²) in [6, 6.07) is 28.9. The second-order valence-corrected chi connectivity index (χ2v) is 16.4. The third-order valence-electron chi connectivity index (χ3n) is 12.1. The largest absolute Gasteiger partial charge is 0.453 e. The van der Waals surface area contributed by atoms with Crippen LogP contribution >= 0.6 is 0 Å². The molecule has 2 saturated heterocycles. The first-order chi connectivity index (χ1) is 30.0. The highest BCUT2D eigenvalue weighted by atomic mass is 16.5. The van der Waals surface area contributed by atoms with Crippen LogP contribution in [-0.2, 0) is 19.1 Å². The Kier molecular flexibility index (Phi) is 12.1. The van der Waals surface area contributed by atoms with Gasteiger partial charge in [0, 0.05) is 12.1 Å². The third kappa shape index (κ3) is 8.49. The molecule has 1 unspecified atom stereocenters. The predicted octanol–water partition coefficient (Wildman–Crippen LogP) is 8.48. The fourth-order valence-electron chi connectivity index (χ4n) is 8.84. The molecule has 0 saturated carbocycles. The van der Waals surface area contributed by atoms with Crippen molar-refractivity contribution in [2.24, 2.45) is 5.92 Å². The van der Waals surface area contributed by atoms with Crippen molar-refractivity contribution >= 4 is 34.8 Å². The Morgan fingerprint density at radius 1 is 0.645 bits per heavy atom. The van der Waals surface area contributed by atoms with Crippen molar-refractivity contribution in [1.29, 1.82) is 0 Å². The van der Waals surface area contributed by atoms with Crippen LogP contribution in [-0.4, -0.2) is 86.6 Å². The zero-order chi connectivity index (χ0) is 43.5. The van der Waals surface area contributed by atoms with Gasteiger partial charge >= 0.3 is 12.2 Å². The lowest BCUT2D eigenvalue weighted by atomic mass is 9.98. The van der Waals surface area contributed by atoms with Gasteiger partial charge in [0.05, 0.1) is 56.1 Å². The molecular weight excluding hydrogens is 785 g/mol. The molecule has 8 rings (SSSR count). The minimum atomic E-state index is -0.783. The molecule has 14 nitrogen and oxygen atoms in total. The standard InChI is InChI=1S/C48H52N8O6/c1-28(2)42(54-48(60)62-5)46(58)55-23-9-12-40(55)43-49-27-38(53-43)36-20-19-34-24-33(17-18-35(34)25-36)30-13-15-31(16-14-30)37-26-50-44(52-37)41-22-21-39(32-10-7-6-8-11-32)56(41)45(57)29(3)51-47(59)61-4/h6-8,10-11,13-20,24-29,39-42H,9,12,21-23H2,1-5H3,(H,49,53)(H,50,52)(H,51,59)(H,54,60)/t29-,39+,40-,41?,42-/m0/s1. The van der Waals surface area contributed by atoms with Gasteiger partial charge in [0.2, 0.25) is 11.8 Å². The summed E-state index contributed by atoms with van der Waals surface area (Å²) in [5, 5.41) is 7.52. The highest BCUT2D eigenvalue weighted by molar-refractivity contribution is 5.91. The zero-order valence-corrected chi connectivity index (χ0v) is 35.6. The molecule has 320 valence electrons. The molecule has 4 amide bonds. The molecule has 0 bridgehead atoms. The van der Waals surface area contributed by atoms with Crippen molar-refractivity contribution in [3.63, 3.8) is 0 Å². The Hall–Kier alpha value is -6.96. The Labute approximate surface area is 360 Å². The smallest absolute Gasteiger partial charge is 0.407 e. The summed E-state index contributed by atoms with van der Waals surface area (Å²) in [4.78, 5) is 71.6. The van der Waals surface area contributed by atoms with E-state index in [4.69, 9.17) is 19.4 Å². The molecule has 2 aliphatic heterocycles. The first kappa shape index (κ1) is 41.8. The molecule has 4 N–H and O–H groups in total. The second kappa shape index (κ2) is 17.9. The van der Waals surface area contributed by atoms with Crippen molar-refractivity contribution in [3.05, 3.63) is 121 Å². The monoisotopic (exact) mass is 836 g/mol. The van der Waals surface area contributed by atoms with Gasteiger partial charge in [0.25, 0.3) is 0 Å². The lowest BCUT2D eigenvalue weighted by molar-refractivity contribution is -0.136. The molecule has 14 heteroatoms. The summed E-state index contributed by atoms with van der Waals surface area (Å²) < 4.78 is 9.54. The average Bonchev–Trinajstić information content (AvgIpc) is 4.14. The molecule has 0 aliphatic carbocycles. The van der Waals surface area contributed by atoms with E-state index in [9.17, 15) is 19.2 Å². The number of ether oxygens (including phenoxy) is 2. The van der Waals surface area contributed by atoms with Crippen molar-refractivity contribution in [1.82, 2.24) is 40.4 Å². The van der Waals surface area contributed by atoms with Gasteiger partial charge in [-0.25, -0.2) is 19.6 Å². The highest BCUT2D eigenvalue weighted by Gasteiger charge is 2.42. The van der Waals surface area contributed by atoms with Gasteiger partial charge < -0.3 is 39.9 Å². The SMILES string of the molecule is COC(=O)N[C@@H](C)C(=O)N1C(c2ncc(-c3ccc(-c4ccc5cc(-c6cnc([C@@H]7CCCN7C(=O)[C@@H](NC(=O)OC)C(C)C)[nH]6)ccc5c4)cc3)[nH]2)CC[C@@H]1c1ccccc1. The first-order valence-corrected chi connectivity index (χ1v) is 21.1. The van der Waals surface area contributed by atoms with Crippen LogP contribution < -0.4 is 10.6 Å². The maximum Gasteiger partial charge on any atom is 0.407 e. The topological polar surface area (TPSA) is 175 Å². The number of nitrogens with one attached hydrogen (secondary N) is 4. The van der Waals surface area contributed by atoms with Crippen LogP contribution in [0, 0.1) is 5.92 Å². The molecule has 6 aromatic rings. The lowest BCUT2D eigenvalue weighted by Gasteiger charge is -2.32. The number of imidazole rings is 2. The van der Waals surface area contributed by atoms with E-state index in [1.165, 1.54) is 14.2 Å². The molecule has 62 heavy (non-hydrogen) atoms. The van der Waals surface area contributed by atoms with E-state index in [0.717, 1.165) is 75.1 Å². The number of hydrogen-bond donors (Lipinski definition) is 4. The van der Waals surface area contributed by atoms with Crippen molar-refractivity contribution in [2.45, 2.75) is 76.7 Å². The van der Waals surface area contributed by atoms with Crippen molar-refractivity contribution < 1.29 is 28.7 Å². The zero-order valence-electron chi connectivity index (χ0n) is 35.6. The van der Waals surface area contributed by atoms with Crippen LogP contribution in [0.5, 0.6) is 0 Å². The van der Waals surface area contributed by atoms with E-state index in [0.29, 0.717) is 18.8 Å². The Morgan fingerprint density at radius 3 is 1.87 bits per heavy atom. The summed E-state index contributed by atoms with van der Waals surface area (Å²) in [5.41, 5.74) is 6.86. The minimum absolute atomic E-state index is 0.109. The number of carbonyl (C=O) groups is 4. The fourth-order valence-corrected chi connectivity index (χ4v) is 8.84. The molecule has 0 radical (unpaired) electrons. The van der Waals surface area contributed by atoms with Crippen molar-refractivity contribution in [2.75, 3.05) is 20.8 Å². The van der Waals surface area contributed by atoms with Crippen LogP contribution in [0.4, 0.5) is 9.59 Å². The number of fused-ring (bicyclic) bond motifs is 1. The van der Waals surface area contributed by atoms with Gasteiger partial charge in [-0.3, -0.25) is 9.59 Å². The summed E-state index contributed by atoms with van der Waals surface area (Å²) in [7, 11) is 2.57. The first-order valence-electron chi connectivity index (χ1n) is 21.1. The van der Waals surface area contributed by atoms with Crippen LogP contribution in [0.2, 0.25) is 0 Å². The van der Waals surface area contributed by atoms with Gasteiger partial charge in [-0.1, -0.05) is 92.7 Å². The number of carbonyl (C=O) groups excluding carboxylic acids is 4. The number of alkyl carbamates (subject to hydrolysis) is 2. The van der Waals surface area contributed by atoms with Crippen LogP contribution in [0.3, 0.4) is 0 Å². The number of hydrogen-bond acceptors (Lipinski definition) is 8. The average molecular weight is 837 g/mol. The molecule has 4 aromatic carbocycles. The quantitative estimate of drug-likeness (QED) is 0.101.